The van der Waals surface area contributed by atoms with Gasteiger partial charge in [0, 0.05) is 61.9 Å². The van der Waals surface area contributed by atoms with Gasteiger partial charge in [-0.2, -0.15) is 0 Å². The van der Waals surface area contributed by atoms with Crippen LogP contribution < -0.4 is 5.56 Å². The van der Waals surface area contributed by atoms with Crippen LogP contribution in [-0.2, 0) is 17.8 Å². The van der Waals surface area contributed by atoms with Gasteiger partial charge in [-0.1, -0.05) is 18.2 Å². The second-order valence-corrected chi connectivity index (χ2v) is 8.56. The third-order valence-electron chi connectivity index (χ3n) is 6.62. The maximum atomic E-state index is 13.6. The topological polar surface area (TPSA) is 99.6 Å². The SMILES string of the molecule is COCCn1c(C(=O)N2C[C@@H]3C[C@@H](C2)c2ccc([N+](=O)[O-])c(=O)n2C3)cc2ccccc21. The number of para-hydroxylation sites is 1. The van der Waals surface area contributed by atoms with Crippen LogP contribution in [0.3, 0.4) is 0 Å². The molecule has 2 atom stereocenters. The Hall–Kier alpha value is -3.46. The molecule has 2 aliphatic heterocycles. The molecule has 1 amide bonds. The number of ether oxygens (including phenoxy) is 1. The molecule has 0 saturated carbocycles. The Morgan fingerprint density at radius 1 is 1.19 bits per heavy atom. The number of nitrogens with zero attached hydrogens (tertiary/aromatic N) is 4. The molecular weight excluding hydrogens is 412 g/mol. The van der Waals surface area contributed by atoms with E-state index in [0.29, 0.717) is 38.5 Å². The largest absolute Gasteiger partial charge is 0.383 e. The molecule has 1 saturated heterocycles. The van der Waals surface area contributed by atoms with Crippen molar-refractivity contribution >= 4 is 22.5 Å². The molecule has 0 N–H and O–H groups in total. The molecular formula is C23H24N4O5. The molecule has 0 aliphatic carbocycles. The van der Waals surface area contributed by atoms with E-state index in [-0.39, 0.29) is 17.7 Å². The number of piperidine rings is 1. The monoisotopic (exact) mass is 436 g/mol. The van der Waals surface area contributed by atoms with Gasteiger partial charge in [0.15, 0.2) is 0 Å². The summed E-state index contributed by atoms with van der Waals surface area (Å²) in [5.41, 5.74) is 1.44. The molecule has 4 heterocycles. The van der Waals surface area contributed by atoms with Gasteiger partial charge in [-0.15, -0.1) is 0 Å². The van der Waals surface area contributed by atoms with Gasteiger partial charge in [-0.3, -0.25) is 19.7 Å². The number of rotatable bonds is 5. The van der Waals surface area contributed by atoms with E-state index < -0.39 is 16.2 Å². The van der Waals surface area contributed by atoms with Crippen LogP contribution in [0.25, 0.3) is 10.9 Å². The van der Waals surface area contributed by atoms with E-state index in [1.165, 1.54) is 10.6 Å². The van der Waals surface area contributed by atoms with Crippen molar-refractivity contribution in [3.63, 3.8) is 0 Å². The summed E-state index contributed by atoms with van der Waals surface area (Å²) < 4.78 is 8.80. The Morgan fingerprint density at radius 2 is 2.00 bits per heavy atom. The van der Waals surface area contributed by atoms with Crippen molar-refractivity contribution in [3.05, 3.63) is 74.3 Å². The first-order valence-corrected chi connectivity index (χ1v) is 10.7. The molecule has 9 heteroatoms. The molecule has 1 aromatic carbocycles. The molecule has 166 valence electrons. The van der Waals surface area contributed by atoms with E-state index in [0.717, 1.165) is 23.0 Å². The van der Waals surface area contributed by atoms with E-state index in [1.807, 2.05) is 39.8 Å². The summed E-state index contributed by atoms with van der Waals surface area (Å²) >= 11 is 0. The van der Waals surface area contributed by atoms with Gasteiger partial charge >= 0.3 is 11.2 Å². The molecule has 1 fully saturated rings. The molecule has 2 aliphatic rings. The minimum Gasteiger partial charge on any atom is -0.383 e. The van der Waals surface area contributed by atoms with Crippen LogP contribution in [0.4, 0.5) is 5.69 Å². The highest BCUT2D eigenvalue weighted by Crippen LogP contribution is 2.36. The van der Waals surface area contributed by atoms with Gasteiger partial charge in [-0.25, -0.2) is 0 Å². The van der Waals surface area contributed by atoms with E-state index in [4.69, 9.17) is 4.74 Å². The summed E-state index contributed by atoms with van der Waals surface area (Å²) in [5, 5.41) is 12.2. The number of aromatic nitrogens is 2. The number of hydrogen-bond acceptors (Lipinski definition) is 5. The highest BCUT2D eigenvalue weighted by molar-refractivity contribution is 5.99. The smallest absolute Gasteiger partial charge is 0.334 e. The fourth-order valence-corrected chi connectivity index (χ4v) is 5.21. The fraction of sp³-hybridized carbons (Fsp3) is 0.391. The number of hydrogen-bond donors (Lipinski definition) is 0. The standard InChI is InChI=1S/C23H24N4O5/c1-32-9-8-25-18-5-3-2-4-16(18)11-21(25)22(28)24-12-15-10-17(14-24)19-6-7-20(27(30)31)23(29)26(19)13-15/h2-7,11,15,17H,8-10,12-14H2,1H3/t15-,17-/m0/s1. The maximum Gasteiger partial charge on any atom is 0.334 e. The first-order chi connectivity index (χ1) is 15.5. The molecule has 9 nitrogen and oxygen atoms in total. The number of carbonyl (C=O) groups excluding carboxylic acids is 1. The van der Waals surface area contributed by atoms with Crippen LogP contribution in [0.5, 0.6) is 0 Å². The van der Waals surface area contributed by atoms with E-state index in [1.54, 1.807) is 13.2 Å². The maximum absolute atomic E-state index is 13.6. The number of nitro groups is 1. The second kappa shape index (κ2) is 7.90. The van der Waals surface area contributed by atoms with Crippen molar-refractivity contribution in [1.82, 2.24) is 14.0 Å². The van der Waals surface area contributed by atoms with E-state index in [9.17, 15) is 19.7 Å². The van der Waals surface area contributed by atoms with Crippen LogP contribution in [-0.4, -0.2) is 51.7 Å². The second-order valence-electron chi connectivity index (χ2n) is 8.56. The van der Waals surface area contributed by atoms with Gasteiger partial charge in [-0.05, 0) is 30.5 Å². The first kappa shape index (κ1) is 20.4. The summed E-state index contributed by atoms with van der Waals surface area (Å²) in [6, 6.07) is 12.8. The van der Waals surface area contributed by atoms with Gasteiger partial charge in [0.25, 0.3) is 5.91 Å². The Bertz CT molecular complexity index is 1280. The zero-order chi connectivity index (χ0) is 22.4. The van der Waals surface area contributed by atoms with Crippen LogP contribution >= 0.6 is 0 Å². The lowest BCUT2D eigenvalue weighted by molar-refractivity contribution is -0.386. The van der Waals surface area contributed by atoms with Gasteiger partial charge < -0.3 is 18.8 Å². The highest BCUT2D eigenvalue weighted by Gasteiger charge is 2.38. The summed E-state index contributed by atoms with van der Waals surface area (Å²) in [6.45, 7) is 2.48. The number of pyridine rings is 1. The number of methoxy groups -OCH3 is 1. The Morgan fingerprint density at radius 3 is 2.78 bits per heavy atom. The lowest BCUT2D eigenvalue weighted by Crippen LogP contribution is -2.49. The van der Waals surface area contributed by atoms with Crippen molar-refractivity contribution in [2.24, 2.45) is 5.92 Å². The number of amides is 1. The Labute approximate surface area is 184 Å². The van der Waals surface area contributed by atoms with Crippen molar-refractivity contribution in [2.75, 3.05) is 26.8 Å². The van der Waals surface area contributed by atoms with Crippen molar-refractivity contribution < 1.29 is 14.5 Å². The zero-order valence-electron chi connectivity index (χ0n) is 17.8. The first-order valence-electron chi connectivity index (χ1n) is 10.7. The quantitative estimate of drug-likeness (QED) is 0.452. The van der Waals surface area contributed by atoms with Crippen molar-refractivity contribution in [2.45, 2.75) is 25.4 Å². The normalized spacial score (nSPS) is 19.7. The molecule has 2 bridgehead atoms. The predicted molar refractivity (Wildman–Crippen MR) is 118 cm³/mol. The molecule has 0 spiro atoms. The van der Waals surface area contributed by atoms with E-state index in [2.05, 4.69) is 0 Å². The lowest BCUT2D eigenvalue weighted by Gasteiger charge is -2.42. The Balaban J connectivity index is 1.47. The third kappa shape index (κ3) is 3.29. The van der Waals surface area contributed by atoms with Crippen LogP contribution in [0.2, 0.25) is 0 Å². The number of carbonyl (C=O) groups is 1. The number of benzene rings is 1. The average Bonchev–Trinajstić information content (AvgIpc) is 3.16. The zero-order valence-corrected chi connectivity index (χ0v) is 17.8. The summed E-state index contributed by atoms with van der Waals surface area (Å²) in [5.74, 6) is 0.0307. The summed E-state index contributed by atoms with van der Waals surface area (Å²) in [6.07, 6.45) is 0.869. The number of fused-ring (bicyclic) bond motifs is 5. The Kier molecular flexibility index (Phi) is 5.05. The molecule has 3 aromatic rings. The molecule has 5 rings (SSSR count). The van der Waals surface area contributed by atoms with Gasteiger partial charge in [0.2, 0.25) is 0 Å². The summed E-state index contributed by atoms with van der Waals surface area (Å²) in [4.78, 5) is 38.6. The average molecular weight is 436 g/mol. The highest BCUT2D eigenvalue weighted by atomic mass is 16.6. The molecule has 0 unspecified atom stereocenters. The molecule has 2 aromatic heterocycles. The van der Waals surface area contributed by atoms with Crippen molar-refractivity contribution in [1.29, 1.82) is 0 Å². The minimum absolute atomic E-state index is 0.0169. The van der Waals surface area contributed by atoms with Crippen LogP contribution in [0.1, 0.15) is 28.5 Å². The molecule has 32 heavy (non-hydrogen) atoms. The van der Waals surface area contributed by atoms with E-state index >= 15 is 0 Å². The van der Waals surface area contributed by atoms with Gasteiger partial charge in [0.05, 0.1) is 11.5 Å². The fourth-order valence-electron chi connectivity index (χ4n) is 5.21. The van der Waals surface area contributed by atoms with Crippen molar-refractivity contribution in [3.8, 4) is 0 Å². The third-order valence-corrected chi connectivity index (χ3v) is 6.62. The summed E-state index contributed by atoms with van der Waals surface area (Å²) in [7, 11) is 1.64. The van der Waals surface area contributed by atoms with Crippen LogP contribution in [0, 0.1) is 16.0 Å². The predicted octanol–water partition coefficient (Wildman–Crippen LogP) is 2.62. The lowest BCUT2D eigenvalue weighted by atomic mass is 9.83. The minimum atomic E-state index is -0.630. The molecule has 0 radical (unpaired) electrons. The number of likely N-dealkylation sites (tertiary alicyclic amines) is 1. The van der Waals surface area contributed by atoms with Crippen LogP contribution in [0.15, 0.2) is 47.3 Å². The van der Waals surface area contributed by atoms with Gasteiger partial charge in [0.1, 0.15) is 5.69 Å².